The molecule has 1 atom stereocenters. The highest BCUT2D eigenvalue weighted by Crippen LogP contribution is 2.26. The molecule has 0 radical (unpaired) electrons. The third-order valence-corrected chi connectivity index (χ3v) is 3.73. The number of thiophene rings is 1. The molecule has 1 amide bonds. The van der Waals surface area contributed by atoms with Crippen LogP contribution in [-0.4, -0.2) is 24.8 Å². The molecular formula is C12H16BrNO4S. The summed E-state index contributed by atoms with van der Waals surface area (Å²) in [5.74, 6) is -0.541. The number of rotatable bonds is 3. The molecule has 0 aromatic carbocycles. The van der Waals surface area contributed by atoms with Crippen molar-refractivity contribution in [1.29, 1.82) is 0 Å². The molecule has 1 aromatic heterocycles. The number of alkyl carbamates (subject to hydrolysis) is 1. The first-order chi connectivity index (χ1) is 8.73. The monoisotopic (exact) mass is 349 g/mol. The summed E-state index contributed by atoms with van der Waals surface area (Å²) in [7, 11) is 1.27. The molecule has 106 valence electrons. The molecule has 0 aliphatic rings. The van der Waals surface area contributed by atoms with Gasteiger partial charge in [-0.25, -0.2) is 9.59 Å². The largest absolute Gasteiger partial charge is 0.467 e. The van der Waals surface area contributed by atoms with Crippen LogP contribution in [0.3, 0.4) is 0 Å². The molecule has 1 heterocycles. The van der Waals surface area contributed by atoms with E-state index in [1.54, 1.807) is 26.8 Å². The van der Waals surface area contributed by atoms with Crippen LogP contribution in [0.1, 0.15) is 31.7 Å². The van der Waals surface area contributed by atoms with Crippen LogP contribution in [0.25, 0.3) is 0 Å². The Balaban J connectivity index is 2.82. The van der Waals surface area contributed by atoms with Gasteiger partial charge >= 0.3 is 12.1 Å². The van der Waals surface area contributed by atoms with Gasteiger partial charge in [0.2, 0.25) is 0 Å². The summed E-state index contributed by atoms with van der Waals surface area (Å²) in [6, 6.07) is 0.889. The van der Waals surface area contributed by atoms with Gasteiger partial charge in [0.15, 0.2) is 6.04 Å². The van der Waals surface area contributed by atoms with Crippen LogP contribution in [0, 0.1) is 0 Å². The molecule has 0 saturated heterocycles. The maximum absolute atomic E-state index is 11.7. The van der Waals surface area contributed by atoms with Gasteiger partial charge in [-0.05, 0) is 42.8 Å². The Labute approximate surface area is 124 Å². The van der Waals surface area contributed by atoms with Gasteiger partial charge in [0.05, 0.1) is 7.11 Å². The molecule has 0 spiro atoms. The normalized spacial score (nSPS) is 12.7. The van der Waals surface area contributed by atoms with Crippen LogP contribution in [0.15, 0.2) is 15.9 Å². The molecule has 0 fully saturated rings. The zero-order chi connectivity index (χ0) is 14.6. The van der Waals surface area contributed by atoms with Crippen molar-refractivity contribution in [1.82, 2.24) is 5.32 Å². The summed E-state index contributed by atoms with van der Waals surface area (Å²) in [4.78, 5) is 24.1. The molecule has 1 unspecified atom stereocenters. The summed E-state index contributed by atoms with van der Waals surface area (Å²) in [5, 5.41) is 4.33. The number of methoxy groups -OCH3 is 1. The van der Waals surface area contributed by atoms with E-state index in [1.165, 1.54) is 18.4 Å². The second-order valence-corrected chi connectivity index (χ2v) is 6.63. The van der Waals surface area contributed by atoms with Crippen molar-refractivity contribution in [3.63, 3.8) is 0 Å². The standard InChI is InChI=1S/C12H16BrNO4S/c1-12(2,3)18-11(16)14-9(10(15)17-4)8-5-7(13)6-19-8/h5-6,9H,1-4H3,(H,14,16). The fourth-order valence-corrected chi connectivity index (χ4v) is 2.75. The number of halogens is 1. The molecule has 0 saturated carbocycles. The molecule has 0 aliphatic carbocycles. The topological polar surface area (TPSA) is 64.6 Å². The Morgan fingerprint density at radius 3 is 2.47 bits per heavy atom. The maximum atomic E-state index is 11.7. The Morgan fingerprint density at radius 1 is 1.42 bits per heavy atom. The van der Waals surface area contributed by atoms with E-state index in [-0.39, 0.29) is 0 Å². The summed E-state index contributed by atoms with van der Waals surface area (Å²) in [6.45, 7) is 5.25. The van der Waals surface area contributed by atoms with E-state index in [0.717, 1.165) is 4.47 Å². The zero-order valence-electron chi connectivity index (χ0n) is 11.2. The zero-order valence-corrected chi connectivity index (χ0v) is 13.6. The van der Waals surface area contributed by atoms with Crippen LogP contribution in [0.4, 0.5) is 4.79 Å². The molecule has 1 N–H and O–H groups in total. The predicted molar refractivity (Wildman–Crippen MR) is 76.1 cm³/mol. The molecular weight excluding hydrogens is 334 g/mol. The summed E-state index contributed by atoms with van der Waals surface area (Å²) in [5.41, 5.74) is -0.624. The lowest BCUT2D eigenvalue weighted by Gasteiger charge is -2.22. The average Bonchev–Trinajstić information content (AvgIpc) is 2.69. The van der Waals surface area contributed by atoms with E-state index in [9.17, 15) is 9.59 Å². The number of amides is 1. The van der Waals surface area contributed by atoms with Gasteiger partial charge in [-0.3, -0.25) is 0 Å². The van der Waals surface area contributed by atoms with Crippen molar-refractivity contribution >= 4 is 39.3 Å². The molecule has 0 aliphatic heterocycles. The van der Waals surface area contributed by atoms with E-state index in [2.05, 4.69) is 26.0 Å². The second kappa shape index (κ2) is 6.38. The lowest BCUT2D eigenvalue weighted by atomic mass is 10.2. The van der Waals surface area contributed by atoms with Gasteiger partial charge in [0.1, 0.15) is 5.60 Å². The van der Waals surface area contributed by atoms with Crippen molar-refractivity contribution in [3.05, 3.63) is 20.8 Å². The summed E-state index contributed by atoms with van der Waals surface area (Å²) >= 11 is 4.64. The smallest absolute Gasteiger partial charge is 0.408 e. The van der Waals surface area contributed by atoms with Gasteiger partial charge in [0, 0.05) is 14.7 Å². The number of hydrogen-bond acceptors (Lipinski definition) is 5. The van der Waals surface area contributed by atoms with E-state index in [1.807, 2.05) is 5.38 Å². The van der Waals surface area contributed by atoms with Gasteiger partial charge in [-0.15, -0.1) is 11.3 Å². The highest BCUT2D eigenvalue weighted by molar-refractivity contribution is 9.10. The highest BCUT2D eigenvalue weighted by Gasteiger charge is 2.27. The van der Waals surface area contributed by atoms with Crippen molar-refractivity contribution in [2.24, 2.45) is 0 Å². The van der Waals surface area contributed by atoms with Crippen LogP contribution >= 0.6 is 27.3 Å². The Kier molecular flexibility index (Phi) is 5.37. The Morgan fingerprint density at radius 2 is 2.05 bits per heavy atom. The maximum Gasteiger partial charge on any atom is 0.408 e. The minimum Gasteiger partial charge on any atom is -0.467 e. The minimum absolute atomic E-state index is 0.541. The Hall–Kier alpha value is -1.08. The van der Waals surface area contributed by atoms with Crippen molar-refractivity contribution < 1.29 is 19.1 Å². The SMILES string of the molecule is COC(=O)C(NC(=O)OC(C)(C)C)c1cc(Br)cs1. The third-order valence-electron chi connectivity index (χ3n) is 1.97. The van der Waals surface area contributed by atoms with Gasteiger partial charge in [-0.1, -0.05) is 0 Å². The predicted octanol–water partition coefficient (Wildman–Crippen LogP) is 3.25. The number of hydrogen-bond donors (Lipinski definition) is 1. The number of nitrogens with one attached hydrogen (secondary N) is 1. The van der Waals surface area contributed by atoms with Gasteiger partial charge < -0.3 is 14.8 Å². The summed E-state index contributed by atoms with van der Waals surface area (Å²) < 4.78 is 10.7. The van der Waals surface area contributed by atoms with Crippen molar-refractivity contribution in [2.75, 3.05) is 7.11 Å². The second-order valence-electron chi connectivity index (χ2n) is 4.77. The number of ether oxygens (including phenoxy) is 2. The lowest BCUT2D eigenvalue weighted by molar-refractivity contribution is -0.143. The molecule has 1 aromatic rings. The van der Waals surface area contributed by atoms with Crippen molar-refractivity contribution in [3.8, 4) is 0 Å². The number of carbonyl (C=O) groups excluding carboxylic acids is 2. The first kappa shape index (κ1) is 16.0. The van der Waals surface area contributed by atoms with Crippen LogP contribution in [0.2, 0.25) is 0 Å². The van der Waals surface area contributed by atoms with Gasteiger partial charge in [0.25, 0.3) is 0 Å². The quantitative estimate of drug-likeness (QED) is 0.850. The van der Waals surface area contributed by atoms with E-state index in [0.29, 0.717) is 4.88 Å². The first-order valence-electron chi connectivity index (χ1n) is 5.54. The molecule has 5 nitrogen and oxygen atoms in total. The number of esters is 1. The average molecular weight is 350 g/mol. The van der Waals surface area contributed by atoms with Gasteiger partial charge in [-0.2, -0.15) is 0 Å². The molecule has 7 heteroatoms. The van der Waals surface area contributed by atoms with Crippen molar-refractivity contribution in [2.45, 2.75) is 32.4 Å². The molecule has 0 bridgehead atoms. The van der Waals surface area contributed by atoms with E-state index in [4.69, 9.17) is 4.74 Å². The fraction of sp³-hybridized carbons (Fsp3) is 0.500. The van der Waals surface area contributed by atoms with Crippen LogP contribution < -0.4 is 5.32 Å². The summed E-state index contributed by atoms with van der Waals surface area (Å²) in [6.07, 6.45) is -0.660. The molecule has 1 rings (SSSR count). The first-order valence-corrected chi connectivity index (χ1v) is 7.21. The fourth-order valence-electron chi connectivity index (χ4n) is 1.27. The third kappa shape index (κ3) is 5.20. The van der Waals surface area contributed by atoms with Crippen LogP contribution in [0.5, 0.6) is 0 Å². The number of carbonyl (C=O) groups is 2. The highest BCUT2D eigenvalue weighted by atomic mass is 79.9. The van der Waals surface area contributed by atoms with E-state index >= 15 is 0 Å². The van der Waals surface area contributed by atoms with E-state index < -0.39 is 23.7 Å². The minimum atomic E-state index is -0.865. The Bertz CT molecular complexity index is 467. The molecule has 19 heavy (non-hydrogen) atoms. The lowest BCUT2D eigenvalue weighted by Crippen LogP contribution is -2.38. The van der Waals surface area contributed by atoms with Crippen LogP contribution in [-0.2, 0) is 14.3 Å².